The van der Waals surface area contributed by atoms with Crippen LogP contribution in [0, 0.1) is 6.92 Å². The van der Waals surface area contributed by atoms with Crippen molar-refractivity contribution in [3.8, 4) is 0 Å². The Kier molecular flexibility index (Phi) is 7.24. The van der Waals surface area contributed by atoms with Gasteiger partial charge in [-0.25, -0.2) is 8.42 Å². The number of thioether (sulfide) groups is 1. The Morgan fingerprint density at radius 2 is 1.97 bits per heavy atom. The number of carbonyl (C=O) groups is 1. The van der Waals surface area contributed by atoms with Gasteiger partial charge >= 0.3 is 0 Å². The van der Waals surface area contributed by atoms with Gasteiger partial charge in [0.1, 0.15) is 6.33 Å². The highest BCUT2D eigenvalue weighted by Crippen LogP contribution is 2.25. The van der Waals surface area contributed by atoms with Crippen LogP contribution in [0.1, 0.15) is 25.5 Å². The number of rotatable bonds is 8. The summed E-state index contributed by atoms with van der Waals surface area (Å²) >= 11 is 7.19. The first-order valence-corrected chi connectivity index (χ1v) is 12.2. The molecule has 1 aromatic heterocycles. The van der Waals surface area contributed by atoms with Crippen molar-refractivity contribution in [2.24, 2.45) is 0 Å². The summed E-state index contributed by atoms with van der Waals surface area (Å²) < 4.78 is 30.1. The number of carbonyl (C=O) groups excluding carboxylic acids is 1. The van der Waals surface area contributed by atoms with Crippen molar-refractivity contribution >= 4 is 50.7 Å². The quantitative estimate of drug-likeness (QED) is 0.465. The molecule has 0 atom stereocenters. The number of amides is 1. The monoisotopic (exact) mass is 479 g/mol. The van der Waals surface area contributed by atoms with Gasteiger partial charge in [-0.15, -0.1) is 10.2 Å². The SMILES string of the molecule is Cc1ccc(NC(=O)CSc2nncn2C(C)C)cc1S(=O)(=O)Nc1cccc(Cl)c1. The minimum Gasteiger partial charge on any atom is -0.325 e. The number of benzene rings is 2. The van der Waals surface area contributed by atoms with Crippen LogP contribution in [-0.2, 0) is 14.8 Å². The third kappa shape index (κ3) is 5.99. The molecule has 1 amide bonds. The average Bonchev–Trinajstić information content (AvgIpc) is 3.16. The molecule has 2 aromatic carbocycles. The average molecular weight is 480 g/mol. The van der Waals surface area contributed by atoms with Gasteiger partial charge in [0.05, 0.1) is 16.3 Å². The lowest BCUT2D eigenvalue weighted by Gasteiger charge is -2.13. The number of halogens is 1. The normalized spacial score (nSPS) is 11.5. The first-order valence-electron chi connectivity index (χ1n) is 9.37. The molecule has 0 aliphatic carbocycles. The summed E-state index contributed by atoms with van der Waals surface area (Å²) in [6.07, 6.45) is 1.62. The topological polar surface area (TPSA) is 106 Å². The summed E-state index contributed by atoms with van der Waals surface area (Å²) in [5.41, 5.74) is 1.28. The van der Waals surface area contributed by atoms with E-state index in [1.807, 2.05) is 18.4 Å². The van der Waals surface area contributed by atoms with Gasteiger partial charge < -0.3 is 9.88 Å². The minimum absolute atomic E-state index is 0.0671. The van der Waals surface area contributed by atoms with Crippen LogP contribution >= 0.6 is 23.4 Å². The van der Waals surface area contributed by atoms with E-state index in [1.165, 1.54) is 23.9 Å². The molecule has 8 nitrogen and oxygen atoms in total. The van der Waals surface area contributed by atoms with E-state index in [2.05, 4.69) is 20.2 Å². The molecule has 0 saturated carbocycles. The van der Waals surface area contributed by atoms with Crippen molar-refractivity contribution in [3.05, 3.63) is 59.4 Å². The number of nitrogens with one attached hydrogen (secondary N) is 2. The number of hydrogen-bond acceptors (Lipinski definition) is 6. The highest BCUT2D eigenvalue weighted by Gasteiger charge is 2.19. The summed E-state index contributed by atoms with van der Waals surface area (Å²) in [7, 11) is -3.87. The number of aryl methyl sites for hydroxylation is 1. The van der Waals surface area contributed by atoms with Crippen LogP contribution in [0.3, 0.4) is 0 Å². The molecule has 0 saturated heterocycles. The standard InChI is InChI=1S/C20H22ClN5O3S2/c1-13(2)26-12-22-24-20(26)30-11-19(27)23-16-8-7-14(3)18(10-16)31(28,29)25-17-6-4-5-15(21)9-17/h4-10,12-13,25H,11H2,1-3H3,(H,23,27). The zero-order valence-electron chi connectivity index (χ0n) is 17.2. The van der Waals surface area contributed by atoms with Gasteiger partial charge in [0.25, 0.3) is 10.0 Å². The van der Waals surface area contributed by atoms with Crippen molar-refractivity contribution in [1.29, 1.82) is 0 Å². The van der Waals surface area contributed by atoms with E-state index in [4.69, 9.17) is 11.6 Å². The predicted octanol–water partition coefficient (Wildman–Crippen LogP) is 4.35. The number of sulfonamides is 1. The Labute approximate surface area is 190 Å². The number of nitrogens with zero attached hydrogens (tertiary/aromatic N) is 3. The van der Waals surface area contributed by atoms with Crippen LogP contribution in [0.4, 0.5) is 11.4 Å². The van der Waals surface area contributed by atoms with E-state index < -0.39 is 10.0 Å². The van der Waals surface area contributed by atoms with Crippen molar-refractivity contribution in [2.45, 2.75) is 36.9 Å². The molecular weight excluding hydrogens is 458 g/mol. The highest BCUT2D eigenvalue weighted by atomic mass is 35.5. The Morgan fingerprint density at radius 1 is 1.19 bits per heavy atom. The van der Waals surface area contributed by atoms with Gasteiger partial charge in [-0.05, 0) is 56.7 Å². The molecule has 2 N–H and O–H groups in total. The van der Waals surface area contributed by atoms with Gasteiger partial charge in [0.2, 0.25) is 5.91 Å². The molecule has 3 aromatic rings. The summed E-state index contributed by atoms with van der Waals surface area (Å²) in [6, 6.07) is 11.4. The molecule has 0 unspecified atom stereocenters. The van der Waals surface area contributed by atoms with Crippen LogP contribution in [0.15, 0.2) is 58.8 Å². The molecule has 0 fully saturated rings. The number of aromatic nitrogens is 3. The summed E-state index contributed by atoms with van der Waals surface area (Å²) in [6.45, 7) is 5.69. The van der Waals surface area contributed by atoms with Gasteiger partial charge in [0, 0.05) is 16.8 Å². The van der Waals surface area contributed by atoms with Crippen molar-refractivity contribution in [3.63, 3.8) is 0 Å². The Bertz CT molecular complexity index is 1200. The molecule has 31 heavy (non-hydrogen) atoms. The maximum Gasteiger partial charge on any atom is 0.262 e. The van der Waals surface area contributed by atoms with Crippen LogP contribution < -0.4 is 10.0 Å². The molecule has 3 rings (SSSR count). The number of anilines is 2. The predicted molar refractivity (Wildman–Crippen MR) is 123 cm³/mol. The highest BCUT2D eigenvalue weighted by molar-refractivity contribution is 7.99. The summed E-state index contributed by atoms with van der Waals surface area (Å²) in [5, 5.41) is 11.7. The molecule has 0 spiro atoms. The van der Waals surface area contributed by atoms with Crippen molar-refractivity contribution in [2.75, 3.05) is 15.8 Å². The summed E-state index contributed by atoms with van der Waals surface area (Å²) in [4.78, 5) is 12.5. The molecule has 0 bridgehead atoms. The Morgan fingerprint density at radius 3 is 2.68 bits per heavy atom. The van der Waals surface area contributed by atoms with Crippen molar-refractivity contribution < 1.29 is 13.2 Å². The lowest BCUT2D eigenvalue weighted by Crippen LogP contribution is -2.17. The molecule has 0 radical (unpaired) electrons. The first-order chi connectivity index (χ1) is 14.7. The van der Waals surface area contributed by atoms with Crippen LogP contribution in [0.2, 0.25) is 5.02 Å². The van der Waals surface area contributed by atoms with E-state index in [-0.39, 0.29) is 22.6 Å². The zero-order valence-corrected chi connectivity index (χ0v) is 19.6. The van der Waals surface area contributed by atoms with E-state index >= 15 is 0 Å². The Hall–Kier alpha value is -2.56. The number of hydrogen-bond donors (Lipinski definition) is 2. The lowest BCUT2D eigenvalue weighted by molar-refractivity contribution is -0.113. The third-order valence-electron chi connectivity index (χ3n) is 4.27. The van der Waals surface area contributed by atoms with E-state index in [0.717, 1.165) is 0 Å². The first kappa shape index (κ1) is 23.1. The molecule has 0 aliphatic rings. The minimum atomic E-state index is -3.87. The van der Waals surface area contributed by atoms with E-state index in [1.54, 1.807) is 43.6 Å². The lowest BCUT2D eigenvalue weighted by atomic mass is 10.2. The third-order valence-corrected chi connectivity index (χ3v) is 6.98. The van der Waals surface area contributed by atoms with Crippen LogP contribution in [0.5, 0.6) is 0 Å². The largest absolute Gasteiger partial charge is 0.325 e. The molecule has 0 aliphatic heterocycles. The smallest absolute Gasteiger partial charge is 0.262 e. The van der Waals surface area contributed by atoms with E-state index in [9.17, 15) is 13.2 Å². The van der Waals surface area contributed by atoms with Gasteiger partial charge in [-0.2, -0.15) is 0 Å². The molecule has 1 heterocycles. The molecule has 164 valence electrons. The fourth-order valence-corrected chi connectivity index (χ4v) is 5.10. The van der Waals surface area contributed by atoms with Crippen LogP contribution in [0.25, 0.3) is 0 Å². The van der Waals surface area contributed by atoms with Crippen molar-refractivity contribution in [1.82, 2.24) is 14.8 Å². The molecule has 11 heteroatoms. The van der Waals surface area contributed by atoms with E-state index in [0.29, 0.717) is 27.1 Å². The maximum atomic E-state index is 12.9. The van der Waals surface area contributed by atoms with Gasteiger partial charge in [-0.1, -0.05) is 35.5 Å². The maximum absolute atomic E-state index is 12.9. The van der Waals surface area contributed by atoms with Gasteiger partial charge in [-0.3, -0.25) is 9.52 Å². The zero-order chi connectivity index (χ0) is 22.6. The second-order valence-corrected chi connectivity index (χ2v) is 10.1. The van der Waals surface area contributed by atoms with Crippen LogP contribution in [-0.4, -0.2) is 34.8 Å². The second kappa shape index (κ2) is 9.71. The Balaban J connectivity index is 1.71. The fourth-order valence-electron chi connectivity index (χ4n) is 2.75. The molecular formula is C20H22ClN5O3S2. The fraction of sp³-hybridized carbons (Fsp3) is 0.250. The second-order valence-electron chi connectivity index (χ2n) is 7.05. The van der Waals surface area contributed by atoms with Gasteiger partial charge in [0.15, 0.2) is 5.16 Å². The summed E-state index contributed by atoms with van der Waals surface area (Å²) in [5.74, 6) is -0.166.